The Labute approximate surface area is 128 Å². The van der Waals surface area contributed by atoms with Crippen LogP contribution >= 0.6 is 0 Å². The van der Waals surface area contributed by atoms with Gasteiger partial charge in [-0.3, -0.25) is 4.79 Å². The van der Waals surface area contributed by atoms with Crippen LogP contribution in [-0.2, 0) is 0 Å². The first-order valence-corrected chi connectivity index (χ1v) is 7.88. The van der Waals surface area contributed by atoms with Gasteiger partial charge in [-0.05, 0) is 45.6 Å². The van der Waals surface area contributed by atoms with Crippen LogP contribution in [-0.4, -0.2) is 34.5 Å². The van der Waals surface area contributed by atoms with Gasteiger partial charge in [-0.1, -0.05) is 13.8 Å². The number of nitrogens with zero attached hydrogens (tertiary/aromatic N) is 2. The van der Waals surface area contributed by atoms with Crippen molar-refractivity contribution in [2.24, 2.45) is 11.1 Å². The lowest BCUT2D eigenvalue weighted by atomic mass is 9.79. The molecule has 1 aromatic rings. The van der Waals surface area contributed by atoms with E-state index in [-0.39, 0.29) is 17.4 Å². The summed E-state index contributed by atoms with van der Waals surface area (Å²) >= 11 is 0. The van der Waals surface area contributed by atoms with Gasteiger partial charge in [0.05, 0.1) is 5.56 Å². The molecule has 1 aliphatic heterocycles. The highest BCUT2D eigenvalue weighted by Crippen LogP contribution is 2.30. The van der Waals surface area contributed by atoms with Gasteiger partial charge >= 0.3 is 0 Å². The molecule has 0 radical (unpaired) electrons. The molecule has 1 aromatic heterocycles. The number of aryl methyl sites for hydroxylation is 1. The monoisotopic (exact) mass is 291 g/mol. The zero-order chi connectivity index (χ0) is 15.9. The maximum absolute atomic E-state index is 12.9. The van der Waals surface area contributed by atoms with Crippen molar-refractivity contribution in [1.29, 1.82) is 0 Å². The molecule has 1 fully saturated rings. The number of hydrogen-bond acceptors (Lipinski definition) is 2. The van der Waals surface area contributed by atoms with Gasteiger partial charge in [-0.15, -0.1) is 0 Å². The van der Waals surface area contributed by atoms with E-state index < -0.39 is 0 Å². The number of aromatic nitrogens is 1. The fourth-order valence-corrected chi connectivity index (χ4v) is 3.51. The summed E-state index contributed by atoms with van der Waals surface area (Å²) in [6.07, 6.45) is 0.877. The maximum atomic E-state index is 12.9. The predicted molar refractivity (Wildman–Crippen MR) is 86.6 cm³/mol. The molecule has 1 atom stereocenters. The second-order valence-electron chi connectivity index (χ2n) is 7.36. The number of hydrogen-bond donors (Lipinski definition) is 1. The van der Waals surface area contributed by atoms with Gasteiger partial charge in [0, 0.05) is 36.6 Å². The van der Waals surface area contributed by atoms with Gasteiger partial charge in [-0.25, -0.2) is 0 Å². The Balaban J connectivity index is 2.27. The topological polar surface area (TPSA) is 51.3 Å². The van der Waals surface area contributed by atoms with E-state index in [4.69, 9.17) is 5.73 Å². The zero-order valence-electron chi connectivity index (χ0n) is 14.2. The fraction of sp³-hybridized carbons (Fsp3) is 0.706. The number of carbonyl (C=O) groups excluding carboxylic acids is 1. The third-order valence-electron chi connectivity index (χ3n) is 4.83. The molecule has 0 aliphatic carbocycles. The van der Waals surface area contributed by atoms with Crippen LogP contribution in [0.3, 0.4) is 0 Å². The molecule has 0 saturated carbocycles. The van der Waals surface area contributed by atoms with E-state index >= 15 is 0 Å². The summed E-state index contributed by atoms with van der Waals surface area (Å²) in [5, 5.41) is 0. The van der Waals surface area contributed by atoms with Crippen LogP contribution in [0.4, 0.5) is 0 Å². The summed E-state index contributed by atoms with van der Waals surface area (Å²) in [6, 6.07) is 2.57. The van der Waals surface area contributed by atoms with Gasteiger partial charge in [0.25, 0.3) is 5.91 Å². The van der Waals surface area contributed by atoms with Crippen molar-refractivity contribution in [2.45, 2.75) is 60.0 Å². The molecule has 0 aromatic carbocycles. The highest BCUT2D eigenvalue weighted by Gasteiger charge is 2.36. The van der Waals surface area contributed by atoms with Gasteiger partial charge in [0.1, 0.15) is 0 Å². The normalized spacial score (nSPS) is 21.9. The van der Waals surface area contributed by atoms with Crippen LogP contribution in [0.15, 0.2) is 6.07 Å². The second kappa shape index (κ2) is 5.48. The average Bonchev–Trinajstić information content (AvgIpc) is 2.67. The van der Waals surface area contributed by atoms with Gasteiger partial charge in [0.2, 0.25) is 0 Å². The average molecular weight is 291 g/mol. The molecule has 1 saturated heterocycles. The SMILES string of the molecule is Cc1cc(C(=O)N2CCC(N)C(C)(C)C2)c(C)n1C(C)C. The fourth-order valence-electron chi connectivity index (χ4n) is 3.51. The highest BCUT2D eigenvalue weighted by atomic mass is 16.2. The van der Waals surface area contributed by atoms with Crippen LogP contribution in [0.1, 0.15) is 61.9 Å². The van der Waals surface area contributed by atoms with Crippen LogP contribution in [0.2, 0.25) is 0 Å². The first kappa shape index (κ1) is 16.1. The molecule has 1 unspecified atom stereocenters. The van der Waals surface area contributed by atoms with E-state index in [2.05, 4.69) is 39.2 Å². The van der Waals surface area contributed by atoms with Crippen molar-refractivity contribution in [2.75, 3.05) is 13.1 Å². The standard InChI is InChI=1S/C17H29N3O/c1-11(2)20-12(3)9-14(13(20)4)16(21)19-8-7-15(18)17(5,6)10-19/h9,11,15H,7-8,10,18H2,1-6H3. The predicted octanol–water partition coefficient (Wildman–Crippen LogP) is 2.89. The summed E-state index contributed by atoms with van der Waals surface area (Å²) in [5.41, 5.74) is 9.21. The van der Waals surface area contributed by atoms with Gasteiger partial charge in [0.15, 0.2) is 0 Å². The minimum absolute atomic E-state index is 0.0164. The number of rotatable bonds is 2. The van der Waals surface area contributed by atoms with E-state index in [1.807, 2.05) is 17.9 Å². The molecule has 2 rings (SSSR count). The molecule has 2 heterocycles. The smallest absolute Gasteiger partial charge is 0.255 e. The third-order valence-corrected chi connectivity index (χ3v) is 4.83. The van der Waals surface area contributed by atoms with Crippen molar-refractivity contribution >= 4 is 5.91 Å². The Morgan fingerprint density at radius 3 is 2.48 bits per heavy atom. The Morgan fingerprint density at radius 1 is 1.38 bits per heavy atom. The maximum Gasteiger partial charge on any atom is 0.255 e. The number of nitrogens with two attached hydrogens (primary N) is 1. The van der Waals surface area contributed by atoms with Crippen molar-refractivity contribution in [3.8, 4) is 0 Å². The Kier molecular flexibility index (Phi) is 4.20. The molecule has 118 valence electrons. The molecule has 21 heavy (non-hydrogen) atoms. The summed E-state index contributed by atoms with van der Waals surface area (Å²) in [7, 11) is 0. The largest absolute Gasteiger partial charge is 0.346 e. The summed E-state index contributed by atoms with van der Waals surface area (Å²) in [5.74, 6) is 0.148. The minimum Gasteiger partial charge on any atom is -0.346 e. The molecule has 1 aliphatic rings. The summed E-state index contributed by atoms with van der Waals surface area (Å²) < 4.78 is 2.23. The van der Waals surface area contributed by atoms with Crippen molar-refractivity contribution < 1.29 is 4.79 Å². The molecule has 2 N–H and O–H groups in total. The van der Waals surface area contributed by atoms with Crippen molar-refractivity contribution in [1.82, 2.24) is 9.47 Å². The van der Waals surface area contributed by atoms with E-state index in [1.165, 1.54) is 0 Å². The van der Waals surface area contributed by atoms with E-state index in [1.54, 1.807) is 0 Å². The van der Waals surface area contributed by atoms with E-state index in [9.17, 15) is 4.79 Å². The van der Waals surface area contributed by atoms with Crippen molar-refractivity contribution in [3.63, 3.8) is 0 Å². The molecule has 0 bridgehead atoms. The van der Waals surface area contributed by atoms with Crippen LogP contribution < -0.4 is 5.73 Å². The summed E-state index contributed by atoms with van der Waals surface area (Å²) in [6.45, 7) is 14.2. The van der Waals surface area contributed by atoms with Crippen molar-refractivity contribution in [3.05, 3.63) is 23.0 Å². The Morgan fingerprint density at radius 2 is 2.00 bits per heavy atom. The van der Waals surface area contributed by atoms with E-state index in [0.717, 1.165) is 36.5 Å². The highest BCUT2D eigenvalue weighted by molar-refractivity contribution is 5.95. The molecular formula is C17H29N3O. The van der Waals surface area contributed by atoms with E-state index in [0.29, 0.717) is 6.04 Å². The third kappa shape index (κ3) is 2.86. The second-order valence-corrected chi connectivity index (χ2v) is 7.36. The Bertz CT molecular complexity index is 542. The summed E-state index contributed by atoms with van der Waals surface area (Å²) in [4.78, 5) is 14.8. The molecule has 0 spiro atoms. The minimum atomic E-state index is -0.0164. The van der Waals surface area contributed by atoms with Crippen LogP contribution in [0.5, 0.6) is 0 Å². The molecule has 1 amide bonds. The number of likely N-dealkylation sites (tertiary alicyclic amines) is 1. The molecule has 4 heteroatoms. The number of piperidine rings is 1. The molecular weight excluding hydrogens is 262 g/mol. The van der Waals surface area contributed by atoms with Gasteiger partial charge in [-0.2, -0.15) is 0 Å². The first-order chi connectivity index (χ1) is 9.65. The lowest BCUT2D eigenvalue weighted by Crippen LogP contribution is -2.54. The Hall–Kier alpha value is -1.29. The molecule has 4 nitrogen and oxygen atoms in total. The lowest BCUT2D eigenvalue weighted by molar-refractivity contribution is 0.0532. The number of carbonyl (C=O) groups is 1. The number of amides is 1. The van der Waals surface area contributed by atoms with Crippen LogP contribution in [0, 0.1) is 19.3 Å². The lowest BCUT2D eigenvalue weighted by Gasteiger charge is -2.42. The first-order valence-electron chi connectivity index (χ1n) is 7.88. The zero-order valence-corrected chi connectivity index (χ0v) is 14.2. The quantitative estimate of drug-likeness (QED) is 0.911. The van der Waals surface area contributed by atoms with Crippen LogP contribution in [0.25, 0.3) is 0 Å². The van der Waals surface area contributed by atoms with Gasteiger partial charge < -0.3 is 15.2 Å².